The molecule has 24 heavy (non-hydrogen) atoms. The van der Waals surface area contributed by atoms with Gasteiger partial charge in [0.25, 0.3) is 0 Å². The normalized spacial score (nSPS) is 17.4. The lowest BCUT2D eigenvalue weighted by Crippen LogP contribution is -2.50. The molecule has 1 aromatic carbocycles. The third kappa shape index (κ3) is 5.11. The van der Waals surface area contributed by atoms with Crippen LogP contribution in [0.4, 0.5) is 0 Å². The van der Waals surface area contributed by atoms with E-state index in [0.29, 0.717) is 13.1 Å². The molecule has 134 valence electrons. The molecule has 0 radical (unpaired) electrons. The number of hydrogen-bond donors (Lipinski definition) is 2. The van der Waals surface area contributed by atoms with Crippen LogP contribution in [0.5, 0.6) is 5.75 Å². The van der Waals surface area contributed by atoms with Crippen LogP contribution in [0.15, 0.2) is 29.3 Å². The van der Waals surface area contributed by atoms with Gasteiger partial charge >= 0.3 is 0 Å². The van der Waals surface area contributed by atoms with E-state index in [1.807, 2.05) is 24.3 Å². The van der Waals surface area contributed by atoms with Crippen molar-refractivity contribution >= 4 is 5.96 Å². The van der Waals surface area contributed by atoms with Gasteiger partial charge in [-0.3, -0.25) is 0 Å². The Kier molecular flexibility index (Phi) is 7.34. The zero-order valence-corrected chi connectivity index (χ0v) is 14.9. The minimum Gasteiger partial charge on any atom is -0.496 e. The summed E-state index contributed by atoms with van der Waals surface area (Å²) in [4.78, 5) is 4.67. The average Bonchev–Trinajstić information content (AvgIpc) is 2.65. The summed E-state index contributed by atoms with van der Waals surface area (Å²) in [6, 6.07) is 7.94. The van der Waals surface area contributed by atoms with Crippen LogP contribution in [0.3, 0.4) is 0 Å². The Hall–Kier alpha value is -1.79. The van der Waals surface area contributed by atoms with E-state index in [1.54, 1.807) is 14.2 Å². The maximum absolute atomic E-state index is 5.76. The Bertz CT molecular complexity index is 528. The summed E-state index contributed by atoms with van der Waals surface area (Å²) in [7, 11) is 3.45. The summed E-state index contributed by atoms with van der Waals surface area (Å²) in [6.07, 6.45) is 1.78. The van der Waals surface area contributed by atoms with Crippen molar-refractivity contribution in [2.45, 2.75) is 31.9 Å². The number of guanidine groups is 1. The fraction of sp³-hybridized carbons (Fsp3) is 0.611. The van der Waals surface area contributed by atoms with Crippen LogP contribution in [0, 0.1) is 0 Å². The molecule has 6 heteroatoms. The van der Waals surface area contributed by atoms with Gasteiger partial charge in [-0.2, -0.15) is 0 Å². The van der Waals surface area contributed by atoms with Crippen LogP contribution < -0.4 is 15.4 Å². The van der Waals surface area contributed by atoms with Gasteiger partial charge in [0.05, 0.1) is 19.3 Å². The van der Waals surface area contributed by atoms with E-state index in [2.05, 4.69) is 22.5 Å². The highest BCUT2D eigenvalue weighted by atomic mass is 16.5. The lowest BCUT2D eigenvalue weighted by molar-refractivity contribution is -0.0855. The van der Waals surface area contributed by atoms with Gasteiger partial charge < -0.3 is 24.8 Å². The Morgan fingerprint density at radius 3 is 2.62 bits per heavy atom. The van der Waals surface area contributed by atoms with E-state index in [1.165, 1.54) is 0 Å². The van der Waals surface area contributed by atoms with E-state index >= 15 is 0 Å². The SMILES string of the molecule is CCNC(=NCc1ccccc1OC)NCC1(OC)CCOCC1. The van der Waals surface area contributed by atoms with E-state index in [9.17, 15) is 0 Å². The molecule has 1 saturated heterocycles. The van der Waals surface area contributed by atoms with Crippen molar-refractivity contribution in [2.24, 2.45) is 4.99 Å². The van der Waals surface area contributed by atoms with Crippen LogP contribution >= 0.6 is 0 Å². The Labute approximate surface area is 144 Å². The number of aliphatic imine (C=N–C) groups is 1. The highest BCUT2D eigenvalue weighted by molar-refractivity contribution is 5.79. The fourth-order valence-electron chi connectivity index (χ4n) is 2.78. The highest BCUT2D eigenvalue weighted by Crippen LogP contribution is 2.23. The molecule has 0 saturated carbocycles. The first-order valence-corrected chi connectivity index (χ1v) is 8.50. The van der Waals surface area contributed by atoms with Crippen molar-refractivity contribution in [1.82, 2.24) is 10.6 Å². The van der Waals surface area contributed by atoms with Gasteiger partial charge in [0.2, 0.25) is 0 Å². The van der Waals surface area contributed by atoms with Gasteiger partial charge in [-0.1, -0.05) is 18.2 Å². The smallest absolute Gasteiger partial charge is 0.191 e. The minimum absolute atomic E-state index is 0.182. The second kappa shape index (κ2) is 9.49. The Morgan fingerprint density at radius 1 is 1.21 bits per heavy atom. The van der Waals surface area contributed by atoms with Crippen molar-refractivity contribution in [3.63, 3.8) is 0 Å². The Morgan fingerprint density at radius 2 is 1.96 bits per heavy atom. The lowest BCUT2D eigenvalue weighted by atomic mass is 9.94. The maximum Gasteiger partial charge on any atom is 0.191 e. The third-order valence-corrected chi connectivity index (χ3v) is 4.36. The van der Waals surface area contributed by atoms with Gasteiger partial charge in [-0.25, -0.2) is 4.99 Å². The van der Waals surface area contributed by atoms with Crippen LogP contribution in [-0.2, 0) is 16.0 Å². The maximum atomic E-state index is 5.76. The van der Waals surface area contributed by atoms with E-state index in [4.69, 9.17) is 14.2 Å². The summed E-state index contributed by atoms with van der Waals surface area (Å²) in [5.41, 5.74) is 0.878. The molecule has 0 aliphatic carbocycles. The van der Waals surface area contributed by atoms with E-state index < -0.39 is 0 Å². The quantitative estimate of drug-likeness (QED) is 0.589. The van der Waals surface area contributed by atoms with E-state index in [0.717, 1.165) is 49.9 Å². The van der Waals surface area contributed by atoms with Crippen LogP contribution in [-0.4, -0.2) is 52.1 Å². The second-order valence-corrected chi connectivity index (χ2v) is 5.86. The van der Waals surface area contributed by atoms with Crippen molar-refractivity contribution in [3.05, 3.63) is 29.8 Å². The van der Waals surface area contributed by atoms with Gasteiger partial charge in [0.15, 0.2) is 5.96 Å². The zero-order valence-electron chi connectivity index (χ0n) is 14.9. The molecule has 1 heterocycles. The van der Waals surface area contributed by atoms with Crippen LogP contribution in [0.2, 0.25) is 0 Å². The first-order chi connectivity index (χ1) is 11.7. The molecule has 2 rings (SSSR count). The standard InChI is InChI=1S/C18H29N3O3/c1-4-19-17(20-13-15-7-5-6-8-16(15)22-2)21-14-18(23-3)9-11-24-12-10-18/h5-8H,4,9-14H2,1-3H3,(H2,19,20,21). The summed E-state index contributed by atoms with van der Waals surface area (Å²) in [6.45, 7) is 5.61. The second-order valence-electron chi connectivity index (χ2n) is 5.86. The predicted octanol–water partition coefficient (Wildman–Crippen LogP) is 1.95. The van der Waals surface area contributed by atoms with Crippen molar-refractivity contribution in [1.29, 1.82) is 0 Å². The number of hydrogen-bond acceptors (Lipinski definition) is 4. The number of para-hydroxylation sites is 1. The van der Waals surface area contributed by atoms with Gasteiger partial charge in [-0.15, -0.1) is 0 Å². The third-order valence-electron chi connectivity index (χ3n) is 4.36. The largest absolute Gasteiger partial charge is 0.496 e. The van der Waals surface area contributed by atoms with Gasteiger partial charge in [0, 0.05) is 51.8 Å². The average molecular weight is 335 g/mol. The molecule has 0 amide bonds. The zero-order chi connectivity index (χ0) is 17.3. The van der Waals surface area contributed by atoms with Crippen molar-refractivity contribution < 1.29 is 14.2 Å². The van der Waals surface area contributed by atoms with Crippen LogP contribution in [0.1, 0.15) is 25.3 Å². The van der Waals surface area contributed by atoms with Crippen molar-refractivity contribution in [2.75, 3.05) is 40.5 Å². The molecule has 1 aromatic rings. The number of methoxy groups -OCH3 is 2. The number of nitrogens with one attached hydrogen (secondary N) is 2. The molecule has 1 fully saturated rings. The molecule has 0 bridgehead atoms. The summed E-state index contributed by atoms with van der Waals surface area (Å²) in [5.74, 6) is 1.64. The van der Waals surface area contributed by atoms with Crippen molar-refractivity contribution in [3.8, 4) is 5.75 Å². The molecule has 2 N–H and O–H groups in total. The summed E-state index contributed by atoms with van der Waals surface area (Å²) >= 11 is 0. The topological polar surface area (TPSA) is 64.1 Å². The number of rotatable bonds is 7. The monoisotopic (exact) mass is 335 g/mol. The fourth-order valence-corrected chi connectivity index (χ4v) is 2.78. The lowest BCUT2D eigenvalue weighted by Gasteiger charge is -2.36. The molecule has 6 nitrogen and oxygen atoms in total. The summed E-state index contributed by atoms with van der Waals surface area (Å²) < 4.78 is 16.6. The number of nitrogens with zero attached hydrogens (tertiary/aromatic N) is 1. The number of ether oxygens (including phenoxy) is 3. The molecular weight excluding hydrogens is 306 g/mol. The minimum atomic E-state index is -0.182. The molecular formula is C18H29N3O3. The molecule has 1 aliphatic heterocycles. The molecule has 1 aliphatic rings. The Balaban J connectivity index is 2.00. The summed E-state index contributed by atoms with van der Waals surface area (Å²) in [5, 5.41) is 6.69. The molecule has 0 unspecified atom stereocenters. The molecule has 0 aromatic heterocycles. The van der Waals surface area contributed by atoms with Crippen LogP contribution in [0.25, 0.3) is 0 Å². The highest BCUT2D eigenvalue weighted by Gasteiger charge is 2.32. The van der Waals surface area contributed by atoms with E-state index in [-0.39, 0.29) is 5.60 Å². The molecule has 0 spiro atoms. The first-order valence-electron chi connectivity index (χ1n) is 8.50. The predicted molar refractivity (Wildman–Crippen MR) is 95.6 cm³/mol. The first kappa shape index (κ1) is 18.5. The van der Waals surface area contributed by atoms with Gasteiger partial charge in [0.1, 0.15) is 5.75 Å². The van der Waals surface area contributed by atoms with Gasteiger partial charge in [-0.05, 0) is 13.0 Å². The number of benzene rings is 1. The molecule has 0 atom stereocenters.